The molecule has 0 radical (unpaired) electrons. The molecule has 3 heterocycles. The second-order valence-electron chi connectivity index (χ2n) is 6.35. The lowest BCUT2D eigenvalue weighted by Crippen LogP contribution is -2.35. The molecule has 0 saturated heterocycles. The molecule has 1 N–H and O–H groups in total. The minimum Gasteiger partial charge on any atom is -0.306 e. The standard InChI is InChI=1S/C20H20N4OS/c1-26-18-7-3-2-5-15(18)12-24-10-8-16-17(13-24)22-19(23-20(16)25)14-6-4-9-21-11-14/h2-7,9,11H,8,10,12-13H2,1H3,(H,22,23,25). The molecule has 0 fully saturated rings. The Kier molecular flexibility index (Phi) is 4.86. The number of pyridine rings is 1. The predicted molar refractivity (Wildman–Crippen MR) is 104 cm³/mol. The number of H-pyrrole nitrogens is 1. The number of benzene rings is 1. The zero-order valence-electron chi connectivity index (χ0n) is 14.6. The second kappa shape index (κ2) is 7.43. The van der Waals surface area contributed by atoms with Gasteiger partial charge in [-0.2, -0.15) is 0 Å². The van der Waals surface area contributed by atoms with Crippen molar-refractivity contribution in [2.45, 2.75) is 24.4 Å². The Morgan fingerprint density at radius 2 is 2.12 bits per heavy atom. The van der Waals surface area contributed by atoms with Gasteiger partial charge in [0.25, 0.3) is 5.56 Å². The van der Waals surface area contributed by atoms with Crippen LogP contribution in [-0.4, -0.2) is 32.7 Å². The molecule has 6 heteroatoms. The molecule has 1 aliphatic rings. The summed E-state index contributed by atoms with van der Waals surface area (Å²) < 4.78 is 0. The third-order valence-corrected chi connectivity index (χ3v) is 5.51. The maximum Gasteiger partial charge on any atom is 0.254 e. The number of hydrogen-bond acceptors (Lipinski definition) is 5. The van der Waals surface area contributed by atoms with Crippen LogP contribution in [0.2, 0.25) is 0 Å². The zero-order chi connectivity index (χ0) is 17.9. The van der Waals surface area contributed by atoms with Crippen LogP contribution in [0.5, 0.6) is 0 Å². The Bertz CT molecular complexity index is 971. The summed E-state index contributed by atoms with van der Waals surface area (Å²) in [4.78, 5) is 27.9. The first-order chi connectivity index (χ1) is 12.7. The number of hydrogen-bond donors (Lipinski definition) is 1. The van der Waals surface area contributed by atoms with E-state index in [4.69, 9.17) is 4.98 Å². The van der Waals surface area contributed by atoms with Crippen LogP contribution in [0.1, 0.15) is 16.8 Å². The first-order valence-corrected chi connectivity index (χ1v) is 9.84. The van der Waals surface area contributed by atoms with Crippen molar-refractivity contribution in [2.75, 3.05) is 12.8 Å². The molecule has 0 spiro atoms. The molecule has 0 atom stereocenters. The van der Waals surface area contributed by atoms with Gasteiger partial charge >= 0.3 is 0 Å². The second-order valence-corrected chi connectivity index (χ2v) is 7.20. The molecule has 0 unspecified atom stereocenters. The molecule has 0 amide bonds. The van der Waals surface area contributed by atoms with Gasteiger partial charge in [-0.15, -0.1) is 11.8 Å². The highest BCUT2D eigenvalue weighted by molar-refractivity contribution is 7.98. The molecule has 5 nitrogen and oxygen atoms in total. The van der Waals surface area contributed by atoms with Gasteiger partial charge in [-0.05, 0) is 36.4 Å². The fourth-order valence-corrected chi connectivity index (χ4v) is 3.95. The molecular weight excluding hydrogens is 344 g/mol. The van der Waals surface area contributed by atoms with Crippen LogP contribution in [0.15, 0.2) is 58.5 Å². The van der Waals surface area contributed by atoms with E-state index in [1.165, 1.54) is 10.5 Å². The molecule has 3 aromatic rings. The van der Waals surface area contributed by atoms with Gasteiger partial charge in [0.15, 0.2) is 0 Å². The lowest BCUT2D eigenvalue weighted by molar-refractivity contribution is 0.239. The van der Waals surface area contributed by atoms with Crippen LogP contribution in [0, 0.1) is 0 Å². The van der Waals surface area contributed by atoms with E-state index in [1.54, 1.807) is 24.2 Å². The van der Waals surface area contributed by atoms with Crippen LogP contribution in [-0.2, 0) is 19.5 Å². The fourth-order valence-electron chi connectivity index (χ4n) is 3.34. The average Bonchev–Trinajstić information content (AvgIpc) is 2.69. The molecule has 0 saturated carbocycles. The maximum atomic E-state index is 12.5. The van der Waals surface area contributed by atoms with Crippen molar-refractivity contribution < 1.29 is 0 Å². The van der Waals surface area contributed by atoms with E-state index in [0.29, 0.717) is 12.4 Å². The summed E-state index contributed by atoms with van der Waals surface area (Å²) in [6, 6.07) is 12.2. The van der Waals surface area contributed by atoms with E-state index in [0.717, 1.165) is 36.3 Å². The average molecular weight is 364 g/mol. The molecule has 4 rings (SSSR count). The fraction of sp³-hybridized carbons (Fsp3) is 0.250. The highest BCUT2D eigenvalue weighted by Gasteiger charge is 2.22. The van der Waals surface area contributed by atoms with E-state index in [2.05, 4.69) is 45.4 Å². The van der Waals surface area contributed by atoms with Crippen LogP contribution >= 0.6 is 11.8 Å². The maximum absolute atomic E-state index is 12.5. The molecule has 26 heavy (non-hydrogen) atoms. The smallest absolute Gasteiger partial charge is 0.254 e. The van der Waals surface area contributed by atoms with Crippen molar-refractivity contribution in [3.05, 3.63) is 76.0 Å². The predicted octanol–water partition coefficient (Wildman–Crippen LogP) is 3.11. The Morgan fingerprint density at radius 1 is 1.23 bits per heavy atom. The Morgan fingerprint density at radius 3 is 2.92 bits per heavy atom. The van der Waals surface area contributed by atoms with E-state index in [9.17, 15) is 4.79 Å². The first kappa shape index (κ1) is 17.0. The quantitative estimate of drug-likeness (QED) is 0.721. The number of aromatic amines is 1. The van der Waals surface area contributed by atoms with Gasteiger partial charge in [-0.3, -0.25) is 14.7 Å². The zero-order valence-corrected chi connectivity index (χ0v) is 15.4. The third-order valence-electron chi connectivity index (χ3n) is 4.67. The van der Waals surface area contributed by atoms with Crippen LogP contribution in [0.25, 0.3) is 11.4 Å². The van der Waals surface area contributed by atoms with Crippen LogP contribution in [0.3, 0.4) is 0 Å². The number of fused-ring (bicyclic) bond motifs is 1. The summed E-state index contributed by atoms with van der Waals surface area (Å²) in [6.07, 6.45) is 6.27. The summed E-state index contributed by atoms with van der Waals surface area (Å²) in [7, 11) is 0. The van der Waals surface area contributed by atoms with Gasteiger partial charge in [-0.1, -0.05) is 18.2 Å². The highest BCUT2D eigenvalue weighted by atomic mass is 32.2. The van der Waals surface area contributed by atoms with E-state index in [1.807, 2.05) is 12.1 Å². The van der Waals surface area contributed by atoms with Crippen molar-refractivity contribution in [3.63, 3.8) is 0 Å². The SMILES string of the molecule is CSc1ccccc1CN1CCc2c(nc(-c3cccnc3)[nH]c2=O)C1. The minimum absolute atomic E-state index is 0.0296. The topological polar surface area (TPSA) is 61.9 Å². The van der Waals surface area contributed by atoms with Crippen molar-refractivity contribution in [1.82, 2.24) is 19.9 Å². The largest absolute Gasteiger partial charge is 0.306 e. The van der Waals surface area contributed by atoms with Gasteiger partial charge in [0, 0.05) is 48.1 Å². The lowest BCUT2D eigenvalue weighted by atomic mass is 10.1. The Hall–Kier alpha value is -2.44. The summed E-state index contributed by atoms with van der Waals surface area (Å²) in [5, 5.41) is 0. The molecular formula is C20H20N4OS. The molecule has 1 aromatic carbocycles. The molecule has 132 valence electrons. The monoisotopic (exact) mass is 364 g/mol. The normalized spacial score (nSPS) is 14.2. The first-order valence-electron chi connectivity index (χ1n) is 8.61. The van der Waals surface area contributed by atoms with E-state index < -0.39 is 0 Å². The van der Waals surface area contributed by atoms with Crippen molar-refractivity contribution in [2.24, 2.45) is 0 Å². The minimum atomic E-state index is -0.0296. The summed E-state index contributed by atoms with van der Waals surface area (Å²) >= 11 is 1.77. The summed E-state index contributed by atoms with van der Waals surface area (Å²) in [5.74, 6) is 0.591. The van der Waals surface area contributed by atoms with E-state index >= 15 is 0 Å². The molecule has 0 aliphatic carbocycles. The third kappa shape index (κ3) is 3.43. The van der Waals surface area contributed by atoms with Crippen LogP contribution in [0.4, 0.5) is 0 Å². The molecule has 0 bridgehead atoms. The molecule has 2 aromatic heterocycles. The summed E-state index contributed by atoms with van der Waals surface area (Å²) in [5.41, 5.74) is 3.81. The lowest BCUT2D eigenvalue weighted by Gasteiger charge is -2.28. The highest BCUT2D eigenvalue weighted by Crippen LogP contribution is 2.24. The van der Waals surface area contributed by atoms with Crippen molar-refractivity contribution in [1.29, 1.82) is 0 Å². The number of rotatable bonds is 4. The van der Waals surface area contributed by atoms with Gasteiger partial charge < -0.3 is 4.98 Å². The number of nitrogens with one attached hydrogen (secondary N) is 1. The van der Waals surface area contributed by atoms with Gasteiger partial charge in [0.05, 0.1) is 5.69 Å². The van der Waals surface area contributed by atoms with Crippen molar-refractivity contribution >= 4 is 11.8 Å². The Labute approximate surface area is 156 Å². The van der Waals surface area contributed by atoms with Gasteiger partial charge in [0.2, 0.25) is 0 Å². The van der Waals surface area contributed by atoms with Gasteiger partial charge in [-0.25, -0.2) is 4.98 Å². The van der Waals surface area contributed by atoms with E-state index in [-0.39, 0.29) is 5.56 Å². The molecule has 1 aliphatic heterocycles. The number of nitrogens with zero attached hydrogens (tertiary/aromatic N) is 3. The van der Waals surface area contributed by atoms with Crippen LogP contribution < -0.4 is 5.56 Å². The van der Waals surface area contributed by atoms with Crippen molar-refractivity contribution in [3.8, 4) is 11.4 Å². The Balaban J connectivity index is 1.62. The van der Waals surface area contributed by atoms with Gasteiger partial charge in [0.1, 0.15) is 5.82 Å². The number of thioether (sulfide) groups is 1. The number of aromatic nitrogens is 3. The summed E-state index contributed by atoms with van der Waals surface area (Å²) in [6.45, 7) is 2.43.